The van der Waals surface area contributed by atoms with E-state index in [1.165, 1.54) is 5.56 Å². The summed E-state index contributed by atoms with van der Waals surface area (Å²) in [6.45, 7) is 9.98. The fraction of sp³-hybridized carbons (Fsp3) is 0.462. The second kappa shape index (κ2) is 4.47. The molecule has 0 aliphatic heterocycles. The maximum Gasteiger partial charge on any atom is 0.129 e. The summed E-state index contributed by atoms with van der Waals surface area (Å²) in [5.74, 6) is 0. The molecule has 0 atom stereocenters. The monoisotopic (exact) mass is 205 g/mol. The minimum absolute atomic E-state index is 0.230. The predicted octanol–water partition coefficient (Wildman–Crippen LogP) is 3.53. The number of aryl methyl sites for hydroxylation is 1. The molecule has 0 saturated heterocycles. The Balaban J connectivity index is 2.76. The van der Waals surface area contributed by atoms with Crippen molar-refractivity contribution in [2.45, 2.75) is 40.2 Å². The Bertz CT molecular complexity index is 344. The molecule has 2 heteroatoms. The van der Waals surface area contributed by atoms with Crippen molar-refractivity contribution < 1.29 is 4.84 Å². The molecule has 0 bridgehead atoms. The van der Waals surface area contributed by atoms with E-state index in [4.69, 9.17) is 4.84 Å². The van der Waals surface area contributed by atoms with Crippen molar-refractivity contribution in [1.82, 2.24) is 0 Å². The van der Waals surface area contributed by atoms with Gasteiger partial charge in [-0.1, -0.05) is 35.0 Å². The van der Waals surface area contributed by atoms with Crippen LogP contribution in [0, 0.1) is 6.92 Å². The van der Waals surface area contributed by atoms with Crippen LogP contribution in [0.15, 0.2) is 29.4 Å². The van der Waals surface area contributed by atoms with Crippen LogP contribution in [-0.4, -0.2) is 11.3 Å². The number of nitrogens with zero attached hydrogens (tertiary/aromatic N) is 1. The Labute approximate surface area is 91.9 Å². The molecule has 0 heterocycles. The molecule has 1 rings (SSSR count). The maximum absolute atomic E-state index is 5.36. The summed E-state index contributed by atoms with van der Waals surface area (Å²) in [5.41, 5.74) is 3.03. The smallest absolute Gasteiger partial charge is 0.129 e. The zero-order chi connectivity index (χ0) is 11.5. The Morgan fingerprint density at radius 3 is 2.13 bits per heavy atom. The molecule has 0 unspecified atom stereocenters. The van der Waals surface area contributed by atoms with Gasteiger partial charge in [0, 0.05) is 0 Å². The van der Waals surface area contributed by atoms with Gasteiger partial charge in [0.05, 0.1) is 5.71 Å². The number of hydrogen-bond acceptors (Lipinski definition) is 2. The summed E-state index contributed by atoms with van der Waals surface area (Å²) in [5, 5.41) is 4.11. The van der Waals surface area contributed by atoms with Crippen molar-refractivity contribution in [2.24, 2.45) is 5.16 Å². The molecule has 0 saturated carbocycles. The summed E-state index contributed by atoms with van der Waals surface area (Å²) in [7, 11) is 0. The first-order chi connectivity index (χ1) is 6.88. The van der Waals surface area contributed by atoms with E-state index in [1.54, 1.807) is 0 Å². The molecule has 0 aromatic heterocycles. The first kappa shape index (κ1) is 11.8. The summed E-state index contributed by atoms with van der Waals surface area (Å²) in [4.78, 5) is 5.36. The van der Waals surface area contributed by atoms with Crippen molar-refractivity contribution >= 4 is 5.71 Å². The molecule has 15 heavy (non-hydrogen) atoms. The molecule has 0 fully saturated rings. The van der Waals surface area contributed by atoms with Crippen molar-refractivity contribution in [3.8, 4) is 0 Å². The third-order valence-electron chi connectivity index (χ3n) is 1.93. The van der Waals surface area contributed by atoms with Gasteiger partial charge >= 0.3 is 0 Å². The molecule has 0 aliphatic carbocycles. The highest BCUT2D eigenvalue weighted by Gasteiger charge is 2.10. The average molecular weight is 205 g/mol. The lowest BCUT2D eigenvalue weighted by Crippen LogP contribution is -2.16. The average Bonchev–Trinajstić information content (AvgIpc) is 2.14. The highest BCUT2D eigenvalue weighted by atomic mass is 16.6. The fourth-order valence-corrected chi connectivity index (χ4v) is 1.05. The van der Waals surface area contributed by atoms with Crippen LogP contribution in [-0.2, 0) is 4.84 Å². The molecule has 82 valence electrons. The highest BCUT2D eigenvalue weighted by Crippen LogP contribution is 2.10. The lowest BCUT2D eigenvalue weighted by molar-refractivity contribution is 0.000956. The van der Waals surface area contributed by atoms with Crippen LogP contribution in [0.25, 0.3) is 0 Å². The van der Waals surface area contributed by atoms with Gasteiger partial charge < -0.3 is 4.84 Å². The van der Waals surface area contributed by atoms with E-state index in [-0.39, 0.29) is 5.60 Å². The van der Waals surface area contributed by atoms with Crippen LogP contribution in [0.1, 0.15) is 38.8 Å². The zero-order valence-corrected chi connectivity index (χ0v) is 10.2. The molecular formula is C13H19NO. The van der Waals surface area contributed by atoms with Gasteiger partial charge in [0.1, 0.15) is 5.60 Å². The van der Waals surface area contributed by atoms with Crippen molar-refractivity contribution in [3.05, 3.63) is 35.4 Å². The first-order valence-corrected chi connectivity index (χ1v) is 5.18. The predicted molar refractivity (Wildman–Crippen MR) is 64.2 cm³/mol. The molecule has 2 nitrogen and oxygen atoms in total. The van der Waals surface area contributed by atoms with E-state index in [1.807, 2.05) is 27.7 Å². The van der Waals surface area contributed by atoms with Gasteiger partial charge in [-0.05, 0) is 40.2 Å². The van der Waals surface area contributed by atoms with Gasteiger partial charge in [0.2, 0.25) is 0 Å². The van der Waals surface area contributed by atoms with Crippen molar-refractivity contribution in [1.29, 1.82) is 0 Å². The SMILES string of the molecule is C/C(=N/OC(C)(C)C)c1ccc(C)cc1. The normalized spacial score (nSPS) is 12.7. The van der Waals surface area contributed by atoms with Crippen LogP contribution < -0.4 is 0 Å². The first-order valence-electron chi connectivity index (χ1n) is 5.18. The van der Waals surface area contributed by atoms with E-state index in [0.29, 0.717) is 0 Å². The maximum atomic E-state index is 5.36. The standard InChI is InChI=1S/C13H19NO/c1-10-6-8-12(9-7-10)11(2)14-15-13(3,4)5/h6-9H,1-5H3/b14-11-. The lowest BCUT2D eigenvalue weighted by Gasteiger charge is -2.16. The summed E-state index contributed by atoms with van der Waals surface area (Å²) in [6.07, 6.45) is 0. The molecule has 0 N–H and O–H groups in total. The molecule has 0 spiro atoms. The van der Waals surface area contributed by atoms with E-state index in [2.05, 4.69) is 36.3 Å². The quantitative estimate of drug-likeness (QED) is 0.534. The molecular weight excluding hydrogens is 186 g/mol. The lowest BCUT2D eigenvalue weighted by atomic mass is 10.1. The number of oxime groups is 1. The largest absolute Gasteiger partial charge is 0.390 e. The van der Waals surface area contributed by atoms with Crippen LogP contribution in [0.5, 0.6) is 0 Å². The fourth-order valence-electron chi connectivity index (χ4n) is 1.05. The van der Waals surface area contributed by atoms with Crippen molar-refractivity contribution in [3.63, 3.8) is 0 Å². The second-order valence-corrected chi connectivity index (χ2v) is 4.75. The minimum Gasteiger partial charge on any atom is -0.390 e. The van der Waals surface area contributed by atoms with E-state index in [9.17, 15) is 0 Å². The Morgan fingerprint density at radius 1 is 1.13 bits per heavy atom. The van der Waals surface area contributed by atoms with Gasteiger partial charge in [-0.15, -0.1) is 0 Å². The van der Waals surface area contributed by atoms with Gasteiger partial charge in [0.25, 0.3) is 0 Å². The van der Waals surface area contributed by atoms with Crippen molar-refractivity contribution in [2.75, 3.05) is 0 Å². The van der Waals surface area contributed by atoms with Crippen LogP contribution in [0.2, 0.25) is 0 Å². The summed E-state index contributed by atoms with van der Waals surface area (Å²) >= 11 is 0. The number of rotatable bonds is 2. The third-order valence-corrected chi connectivity index (χ3v) is 1.93. The van der Waals surface area contributed by atoms with Gasteiger partial charge in [-0.25, -0.2) is 0 Å². The number of hydrogen-bond donors (Lipinski definition) is 0. The molecule has 1 aromatic carbocycles. The van der Waals surface area contributed by atoms with E-state index >= 15 is 0 Å². The number of benzene rings is 1. The molecule has 0 amide bonds. The topological polar surface area (TPSA) is 21.6 Å². The molecule has 0 radical (unpaired) electrons. The Kier molecular flexibility index (Phi) is 3.51. The zero-order valence-electron chi connectivity index (χ0n) is 10.2. The summed E-state index contributed by atoms with van der Waals surface area (Å²) < 4.78 is 0. The van der Waals surface area contributed by atoms with Gasteiger partial charge in [-0.2, -0.15) is 0 Å². The second-order valence-electron chi connectivity index (χ2n) is 4.75. The van der Waals surface area contributed by atoms with Crippen LogP contribution in [0.3, 0.4) is 0 Å². The summed E-state index contributed by atoms with van der Waals surface area (Å²) in [6, 6.07) is 8.26. The minimum atomic E-state index is -0.230. The van der Waals surface area contributed by atoms with Gasteiger partial charge in [-0.3, -0.25) is 0 Å². The third kappa shape index (κ3) is 4.15. The van der Waals surface area contributed by atoms with E-state index < -0.39 is 0 Å². The van der Waals surface area contributed by atoms with Crippen LogP contribution >= 0.6 is 0 Å². The molecule has 0 aliphatic rings. The molecule has 1 aromatic rings. The highest BCUT2D eigenvalue weighted by molar-refractivity contribution is 5.98. The Hall–Kier alpha value is -1.31. The van der Waals surface area contributed by atoms with Gasteiger partial charge in [0.15, 0.2) is 0 Å². The Morgan fingerprint density at radius 2 is 1.67 bits per heavy atom. The van der Waals surface area contributed by atoms with Crippen LogP contribution in [0.4, 0.5) is 0 Å². The van der Waals surface area contributed by atoms with E-state index in [0.717, 1.165) is 11.3 Å².